The maximum absolute atomic E-state index is 8.46. The third-order valence-electron chi connectivity index (χ3n) is 0. The second-order valence-electron chi connectivity index (χ2n) is 0.0816. The van der Waals surface area contributed by atoms with Crippen molar-refractivity contribution in [2.45, 2.75) is 0 Å². The van der Waals surface area contributed by atoms with Gasteiger partial charge in [-0.2, -0.15) is 0 Å². The summed E-state index contributed by atoms with van der Waals surface area (Å²) in [6.07, 6.45) is 0. The lowest BCUT2D eigenvalue weighted by molar-refractivity contribution is 0.524. The van der Waals surface area contributed by atoms with Gasteiger partial charge in [-0.25, -0.2) is 4.57 Å². The van der Waals surface area contributed by atoms with Crippen molar-refractivity contribution in [2.75, 3.05) is 7.05 Å². The highest BCUT2D eigenvalue weighted by Crippen LogP contribution is 1.66. The van der Waals surface area contributed by atoms with E-state index in [1.165, 1.54) is 7.05 Å². The van der Waals surface area contributed by atoms with E-state index in [0.717, 1.165) is 0 Å². The Labute approximate surface area is 32.1 Å². The average Bonchev–Trinajstić information content (AvgIpc) is 1.46. The third kappa shape index (κ3) is 41000. The molecule has 0 bridgehead atoms. The van der Waals surface area contributed by atoms with Gasteiger partial charge in [-0.3, -0.25) is 0 Å². The molecule has 0 aromatic heterocycles. The molecule has 0 heterocycles. The summed E-state index contributed by atoms with van der Waals surface area (Å²) in [5.74, 6) is 0. The fraction of sp³-hybridized carbons (Fsp3) is 1.00. The quantitative estimate of drug-likeness (QED) is 0.408. The van der Waals surface area contributed by atoms with E-state index in [4.69, 9.17) is 9.46 Å². The lowest BCUT2D eigenvalue weighted by atomic mass is 11.6. The Morgan fingerprint density at radius 3 is 1.80 bits per heavy atom. The van der Waals surface area contributed by atoms with E-state index in [0.29, 0.717) is 0 Å². The molecule has 0 fully saturated rings. The van der Waals surface area contributed by atoms with Gasteiger partial charge in [-0.15, -0.1) is 0 Å². The minimum Gasteiger partial charge on any atom is -0.333 e. The van der Waals surface area contributed by atoms with Crippen LogP contribution in [0.3, 0.4) is 0 Å². The van der Waals surface area contributed by atoms with Crippen molar-refractivity contribution in [1.29, 1.82) is 0 Å². The van der Waals surface area contributed by atoms with E-state index in [1.54, 1.807) is 0 Å². The van der Waals surface area contributed by atoms with Crippen LogP contribution in [-0.4, -0.2) is 11.9 Å². The van der Waals surface area contributed by atoms with Crippen LogP contribution in [0.25, 0.3) is 0 Å². The van der Waals surface area contributed by atoms with E-state index in [2.05, 4.69) is 5.73 Å². The minimum absolute atomic E-state index is 0.833. The van der Waals surface area contributed by atoms with Crippen LogP contribution < -0.4 is 5.73 Å². The van der Waals surface area contributed by atoms with Gasteiger partial charge < -0.3 is 10.6 Å². The molecule has 0 unspecified atom stereocenters. The van der Waals surface area contributed by atoms with Gasteiger partial charge in [0, 0.05) is 0 Å². The van der Waals surface area contributed by atoms with Gasteiger partial charge >= 0.3 is 8.69 Å². The van der Waals surface area contributed by atoms with Crippen LogP contribution in [0, 0.1) is 0 Å². The van der Waals surface area contributed by atoms with Crippen molar-refractivity contribution >= 4 is 8.69 Å². The second-order valence-corrected chi connectivity index (χ2v) is 0.245. The predicted molar refractivity (Wildman–Crippen MR) is 19.9 cm³/mol. The van der Waals surface area contributed by atoms with Crippen molar-refractivity contribution in [2.24, 2.45) is 5.73 Å². The van der Waals surface area contributed by atoms with Crippen LogP contribution in [-0.2, 0) is 4.57 Å². The Morgan fingerprint density at radius 1 is 1.80 bits per heavy atom. The summed E-state index contributed by atoms with van der Waals surface area (Å²) in [5, 5.41) is 0. The molecule has 0 saturated carbocycles. The number of hydrogen-bond acceptors (Lipinski definition) is 2. The first-order valence-corrected chi connectivity index (χ1v) is 1.73. The first-order chi connectivity index (χ1) is 2.41. The van der Waals surface area contributed by atoms with Crippen molar-refractivity contribution in [3.05, 3.63) is 0 Å². The molecule has 32 valence electrons. The molecule has 3 nitrogen and oxygen atoms in total. The summed E-state index contributed by atoms with van der Waals surface area (Å²) in [6.45, 7) is 0. The molecule has 0 radical (unpaired) electrons. The zero-order valence-corrected chi connectivity index (χ0v) is 3.77. The molecule has 0 aliphatic rings. The Morgan fingerprint density at radius 2 is 1.80 bits per heavy atom. The van der Waals surface area contributed by atoms with E-state index >= 15 is 0 Å². The number of nitrogens with two attached hydrogens (primary N) is 1. The van der Waals surface area contributed by atoms with Crippen molar-refractivity contribution in [1.82, 2.24) is 0 Å². The topological polar surface area (TPSA) is 63.3 Å². The number of hydrogen-bond donors (Lipinski definition) is 2. The Bertz CT molecular complexity index is 17.1. The lowest BCUT2D eigenvalue weighted by Gasteiger charge is -1.24. The molecule has 0 spiro atoms. The lowest BCUT2D eigenvalue weighted by Crippen LogP contribution is -1.69. The summed E-state index contributed by atoms with van der Waals surface area (Å²) in [6, 6.07) is 0. The molecule has 0 aliphatic heterocycles. The van der Waals surface area contributed by atoms with E-state index in [-0.39, 0.29) is 0 Å². The normalized spacial score (nSPS) is 5.40. The second kappa shape index (κ2) is 35.2. The van der Waals surface area contributed by atoms with Crippen LogP contribution in [0.5, 0.6) is 0 Å². The fourth-order valence-corrected chi connectivity index (χ4v) is 0. The molecule has 0 atom stereocenters. The third-order valence-corrected chi connectivity index (χ3v) is 0. The highest BCUT2D eigenvalue weighted by atomic mass is 31.1. The van der Waals surface area contributed by atoms with Gasteiger partial charge in [0.1, 0.15) is 0 Å². The number of rotatable bonds is 0. The highest BCUT2D eigenvalue weighted by Gasteiger charge is 1.28. The molecule has 0 amide bonds. The summed E-state index contributed by atoms with van der Waals surface area (Å²) >= 11 is 0. The molecule has 4 heteroatoms. The molecule has 0 aliphatic carbocycles. The van der Waals surface area contributed by atoms with Gasteiger partial charge in [0.25, 0.3) is 0 Å². The van der Waals surface area contributed by atoms with E-state index in [9.17, 15) is 0 Å². The summed E-state index contributed by atoms with van der Waals surface area (Å²) < 4.78 is 8.46. The summed E-state index contributed by atoms with van der Waals surface area (Å²) in [5.41, 5.74) is 4.50. The van der Waals surface area contributed by atoms with Gasteiger partial charge in [0.05, 0.1) is 0 Å². The molecule has 0 saturated heterocycles. The van der Waals surface area contributed by atoms with Crippen LogP contribution in [0.2, 0.25) is 0 Å². The Hall–Kier alpha value is 0.0200. The van der Waals surface area contributed by atoms with Crippen molar-refractivity contribution in [3.63, 3.8) is 0 Å². The predicted octanol–water partition coefficient (Wildman–Crippen LogP) is -0.240. The van der Waals surface area contributed by atoms with Gasteiger partial charge in [-0.1, -0.05) is 0 Å². The summed E-state index contributed by atoms with van der Waals surface area (Å²) in [4.78, 5) is 6.99. The SMILES string of the molecule is CN.O=PO. The zero-order chi connectivity index (χ0) is 4.71. The molecule has 3 N–H and O–H groups in total. The standard InChI is InChI=1S/CH5N.HO2P/c1-2;1-3-2/h2H2,1H3;(H,1,2). The first kappa shape index (κ1) is 8.89. The molecule has 0 rings (SSSR count). The monoisotopic (exact) mass is 95.0 g/mol. The maximum atomic E-state index is 8.46. The van der Waals surface area contributed by atoms with Crippen molar-refractivity contribution in [3.8, 4) is 0 Å². The molecular weight excluding hydrogens is 89.0 g/mol. The van der Waals surface area contributed by atoms with Gasteiger partial charge in [0.15, 0.2) is 0 Å². The average molecular weight is 95.0 g/mol. The van der Waals surface area contributed by atoms with Gasteiger partial charge in [-0.05, 0) is 7.05 Å². The Balaban J connectivity index is 0. The first-order valence-electron chi connectivity index (χ1n) is 0.960. The van der Waals surface area contributed by atoms with Crippen LogP contribution in [0.15, 0.2) is 0 Å². The largest absolute Gasteiger partial charge is 0.333 e. The van der Waals surface area contributed by atoms with Crippen LogP contribution in [0.4, 0.5) is 0 Å². The smallest absolute Gasteiger partial charge is 0.324 e. The Kier molecular flexibility index (Phi) is 62.7. The van der Waals surface area contributed by atoms with Crippen LogP contribution in [0.1, 0.15) is 0 Å². The zero-order valence-electron chi connectivity index (χ0n) is 2.88. The maximum Gasteiger partial charge on any atom is 0.324 e. The van der Waals surface area contributed by atoms with E-state index in [1.807, 2.05) is 0 Å². The molecule has 5 heavy (non-hydrogen) atoms. The van der Waals surface area contributed by atoms with E-state index < -0.39 is 8.69 Å². The molecular formula is CH6NO2P. The van der Waals surface area contributed by atoms with Gasteiger partial charge in [0.2, 0.25) is 0 Å². The highest BCUT2D eigenvalue weighted by molar-refractivity contribution is 7.16. The molecule has 0 aromatic carbocycles. The molecule has 0 aromatic rings. The summed E-state index contributed by atoms with van der Waals surface area (Å²) in [7, 11) is 0.667. The minimum atomic E-state index is -0.833. The fourth-order valence-electron chi connectivity index (χ4n) is 0. The van der Waals surface area contributed by atoms with Crippen LogP contribution >= 0.6 is 8.69 Å². The van der Waals surface area contributed by atoms with Crippen molar-refractivity contribution < 1.29 is 9.46 Å².